The summed E-state index contributed by atoms with van der Waals surface area (Å²) in [5.41, 5.74) is 11.9. The van der Waals surface area contributed by atoms with Gasteiger partial charge in [-0.25, -0.2) is 9.55 Å². The number of fused-ring (bicyclic) bond motifs is 1. The van der Waals surface area contributed by atoms with Gasteiger partial charge in [0.25, 0.3) is 5.56 Å². The number of hydrogen-bond acceptors (Lipinski definition) is 9. The monoisotopic (exact) mass is 462 g/mol. The highest BCUT2D eigenvalue weighted by atomic mass is 35.5. The van der Waals surface area contributed by atoms with Gasteiger partial charge in [-0.3, -0.25) is 9.89 Å². The zero-order chi connectivity index (χ0) is 23.1. The molecule has 1 aliphatic rings. The molecule has 1 fully saturated rings. The summed E-state index contributed by atoms with van der Waals surface area (Å²) in [6.45, 7) is 0. The smallest absolute Gasteiger partial charge is 0.268 e. The summed E-state index contributed by atoms with van der Waals surface area (Å²) in [5.74, 6) is 1.11. The average molecular weight is 463 g/mol. The first kappa shape index (κ1) is 20.7. The number of nitrogen functional groups attached to an aromatic ring is 2. The highest BCUT2D eigenvalue weighted by Crippen LogP contribution is 2.40. The number of nitrogens with one attached hydrogen (secondary N) is 2. The van der Waals surface area contributed by atoms with Crippen LogP contribution in [0, 0.1) is 17.2 Å². The van der Waals surface area contributed by atoms with Crippen LogP contribution in [-0.2, 0) is 0 Å². The van der Waals surface area contributed by atoms with Crippen molar-refractivity contribution < 1.29 is 0 Å². The van der Waals surface area contributed by atoms with Gasteiger partial charge in [0.2, 0.25) is 5.95 Å². The number of H-pyrrole nitrogens is 1. The van der Waals surface area contributed by atoms with Gasteiger partial charge in [-0.05, 0) is 30.9 Å². The predicted molar refractivity (Wildman–Crippen MR) is 124 cm³/mol. The minimum absolute atomic E-state index is 0.0240. The van der Waals surface area contributed by atoms with Crippen molar-refractivity contribution >= 4 is 40.1 Å². The van der Waals surface area contributed by atoms with E-state index in [0.29, 0.717) is 27.6 Å². The number of aromatic nitrogens is 6. The summed E-state index contributed by atoms with van der Waals surface area (Å²) >= 11 is 6.36. The van der Waals surface area contributed by atoms with Crippen LogP contribution in [-0.4, -0.2) is 29.7 Å². The first-order valence-electron chi connectivity index (χ1n) is 10.3. The number of halogens is 1. The summed E-state index contributed by atoms with van der Waals surface area (Å²) in [5, 5.41) is 20.3. The Hall–Kier alpha value is -4.17. The van der Waals surface area contributed by atoms with Crippen molar-refractivity contribution in [2.24, 2.45) is 5.92 Å². The zero-order valence-corrected chi connectivity index (χ0v) is 18.0. The second-order valence-electron chi connectivity index (χ2n) is 7.80. The molecule has 3 aromatic heterocycles. The Bertz CT molecular complexity index is 1450. The second kappa shape index (κ2) is 8.07. The zero-order valence-electron chi connectivity index (χ0n) is 17.3. The van der Waals surface area contributed by atoms with Crippen molar-refractivity contribution in [1.82, 2.24) is 29.7 Å². The molecule has 33 heavy (non-hydrogen) atoms. The van der Waals surface area contributed by atoms with Gasteiger partial charge in [0, 0.05) is 6.07 Å². The van der Waals surface area contributed by atoms with Crippen LogP contribution in [0.15, 0.2) is 35.3 Å². The third-order valence-corrected chi connectivity index (χ3v) is 6.17. The van der Waals surface area contributed by atoms with E-state index >= 15 is 0 Å². The lowest BCUT2D eigenvalue weighted by atomic mass is 9.79. The topological polar surface area (TPSA) is 177 Å². The molecule has 0 spiro atoms. The Morgan fingerprint density at radius 3 is 2.73 bits per heavy atom. The highest BCUT2D eigenvalue weighted by Gasteiger charge is 2.34. The lowest BCUT2D eigenvalue weighted by Crippen LogP contribution is -2.34. The molecule has 1 unspecified atom stereocenters. The number of aromatic amines is 1. The Morgan fingerprint density at radius 2 is 2.06 bits per heavy atom. The van der Waals surface area contributed by atoms with E-state index in [9.17, 15) is 10.1 Å². The molecule has 1 saturated carbocycles. The summed E-state index contributed by atoms with van der Waals surface area (Å²) in [6, 6.07) is 8.36. The molecule has 1 aromatic carbocycles. The minimum Gasteiger partial charge on any atom is -0.382 e. The standard InChI is InChI=1S/C21H19ClN10O/c22-12-5-2-6-13-15(12)20(33)32(14-7-8-26-31-14)19(27-13)16(10-3-1-4-10)28-18-11(9-23)17(24)29-21(25)30-18/h2,5-8,10,16H,1,3-4H2,(H,26,31)(H5,24,25,28,29,30). The second-order valence-corrected chi connectivity index (χ2v) is 8.21. The minimum atomic E-state index is -0.473. The third-order valence-electron chi connectivity index (χ3n) is 5.86. The van der Waals surface area contributed by atoms with E-state index in [1.165, 1.54) is 4.57 Å². The number of nitrogens with two attached hydrogens (primary N) is 2. The van der Waals surface area contributed by atoms with Gasteiger partial charge < -0.3 is 16.8 Å². The van der Waals surface area contributed by atoms with Gasteiger partial charge in [0.05, 0.1) is 28.2 Å². The average Bonchev–Trinajstić information content (AvgIpc) is 3.26. The first-order chi connectivity index (χ1) is 16.0. The molecule has 4 aromatic rings. The van der Waals surface area contributed by atoms with Gasteiger partial charge in [-0.2, -0.15) is 20.3 Å². The third kappa shape index (κ3) is 3.50. The Morgan fingerprint density at radius 1 is 1.24 bits per heavy atom. The van der Waals surface area contributed by atoms with E-state index < -0.39 is 6.04 Å². The maximum atomic E-state index is 13.6. The van der Waals surface area contributed by atoms with Crippen molar-refractivity contribution in [1.29, 1.82) is 5.26 Å². The molecule has 1 atom stereocenters. The first-order valence-corrected chi connectivity index (χ1v) is 10.7. The summed E-state index contributed by atoms with van der Waals surface area (Å²) < 4.78 is 1.46. The van der Waals surface area contributed by atoms with Crippen LogP contribution in [0.3, 0.4) is 0 Å². The molecule has 5 rings (SSSR count). The van der Waals surface area contributed by atoms with Gasteiger partial charge >= 0.3 is 0 Å². The lowest BCUT2D eigenvalue weighted by Gasteiger charge is -2.35. The van der Waals surface area contributed by atoms with Crippen LogP contribution in [0.4, 0.5) is 17.6 Å². The fourth-order valence-electron chi connectivity index (χ4n) is 4.05. The van der Waals surface area contributed by atoms with Crippen molar-refractivity contribution in [3.8, 4) is 11.9 Å². The fraction of sp³-hybridized carbons (Fsp3) is 0.238. The van der Waals surface area contributed by atoms with Gasteiger partial charge in [-0.1, -0.05) is 24.1 Å². The summed E-state index contributed by atoms with van der Waals surface area (Å²) in [6.07, 6.45) is 4.40. The van der Waals surface area contributed by atoms with E-state index in [4.69, 9.17) is 28.1 Å². The van der Waals surface area contributed by atoms with Crippen molar-refractivity contribution in [3.63, 3.8) is 0 Å². The van der Waals surface area contributed by atoms with Gasteiger partial charge in [0.1, 0.15) is 29.1 Å². The van der Waals surface area contributed by atoms with Crippen molar-refractivity contribution in [2.45, 2.75) is 25.3 Å². The fourth-order valence-corrected chi connectivity index (χ4v) is 4.30. The molecule has 0 amide bonds. The Labute approximate surface area is 192 Å². The van der Waals surface area contributed by atoms with E-state index in [1.54, 1.807) is 30.5 Å². The number of nitriles is 1. The molecule has 1 aliphatic carbocycles. The highest BCUT2D eigenvalue weighted by molar-refractivity contribution is 6.35. The van der Waals surface area contributed by atoms with Crippen LogP contribution >= 0.6 is 11.6 Å². The van der Waals surface area contributed by atoms with Crippen LogP contribution in [0.1, 0.15) is 36.7 Å². The van der Waals surface area contributed by atoms with Crippen molar-refractivity contribution in [3.05, 3.63) is 57.2 Å². The van der Waals surface area contributed by atoms with Crippen LogP contribution < -0.4 is 22.3 Å². The molecule has 6 N–H and O–H groups in total. The summed E-state index contributed by atoms with van der Waals surface area (Å²) in [7, 11) is 0. The molecule has 3 heterocycles. The number of hydrogen-bond donors (Lipinski definition) is 4. The maximum absolute atomic E-state index is 13.6. The molecule has 0 saturated heterocycles. The SMILES string of the molecule is N#Cc1c(N)nc(N)nc1NC(c1nc2cccc(Cl)c2c(=O)n1-c1ccn[nH]1)C1CCC1. The predicted octanol–water partition coefficient (Wildman–Crippen LogP) is 2.54. The summed E-state index contributed by atoms with van der Waals surface area (Å²) in [4.78, 5) is 26.5. The molecule has 11 nitrogen and oxygen atoms in total. The van der Waals surface area contributed by atoms with E-state index in [0.717, 1.165) is 19.3 Å². The molecule has 0 radical (unpaired) electrons. The number of anilines is 3. The Balaban J connectivity index is 1.76. The molecular formula is C21H19ClN10O. The lowest BCUT2D eigenvalue weighted by molar-refractivity contribution is 0.268. The van der Waals surface area contributed by atoms with Crippen LogP contribution in [0.25, 0.3) is 16.7 Å². The molecule has 12 heteroatoms. The largest absolute Gasteiger partial charge is 0.382 e. The van der Waals surface area contributed by atoms with E-state index in [1.807, 2.05) is 6.07 Å². The maximum Gasteiger partial charge on any atom is 0.268 e. The number of benzene rings is 1. The van der Waals surface area contributed by atoms with E-state index in [-0.39, 0.29) is 34.6 Å². The number of rotatable bonds is 5. The van der Waals surface area contributed by atoms with Crippen LogP contribution in [0.5, 0.6) is 0 Å². The van der Waals surface area contributed by atoms with Crippen LogP contribution in [0.2, 0.25) is 5.02 Å². The molecular weight excluding hydrogens is 444 g/mol. The normalized spacial score (nSPS) is 14.5. The van der Waals surface area contributed by atoms with Gasteiger partial charge in [-0.15, -0.1) is 0 Å². The molecule has 0 bridgehead atoms. The molecule has 0 aliphatic heterocycles. The van der Waals surface area contributed by atoms with Crippen molar-refractivity contribution in [2.75, 3.05) is 16.8 Å². The molecule has 166 valence electrons. The Kier molecular flexibility index (Phi) is 5.07. The van der Waals surface area contributed by atoms with E-state index in [2.05, 4.69) is 25.5 Å². The van der Waals surface area contributed by atoms with Gasteiger partial charge in [0.15, 0.2) is 5.82 Å². The number of nitrogens with zero attached hydrogens (tertiary/aromatic N) is 6. The quantitative estimate of drug-likeness (QED) is 0.346.